The van der Waals surface area contributed by atoms with Crippen LogP contribution in [0.2, 0.25) is 0 Å². The smallest absolute Gasteiger partial charge is 0.339 e. The highest BCUT2D eigenvalue weighted by Crippen LogP contribution is 2.28. The van der Waals surface area contributed by atoms with Gasteiger partial charge in [-0.3, -0.25) is 0 Å². The first-order valence-corrected chi connectivity index (χ1v) is 6.73. The van der Waals surface area contributed by atoms with E-state index in [-0.39, 0.29) is 17.4 Å². The Morgan fingerprint density at radius 3 is 2.79 bits per heavy atom. The Morgan fingerprint density at radius 1 is 1.47 bits per heavy atom. The van der Waals surface area contributed by atoms with Gasteiger partial charge in [0, 0.05) is 6.04 Å². The maximum atomic E-state index is 13.0. The summed E-state index contributed by atoms with van der Waals surface area (Å²) in [7, 11) is 0. The van der Waals surface area contributed by atoms with E-state index in [0.29, 0.717) is 5.92 Å². The van der Waals surface area contributed by atoms with E-state index >= 15 is 0 Å². The summed E-state index contributed by atoms with van der Waals surface area (Å²) in [5, 5.41) is 12.2. The maximum absolute atomic E-state index is 13.0. The van der Waals surface area contributed by atoms with Crippen LogP contribution in [-0.4, -0.2) is 22.1 Å². The number of carboxylic acids is 1. The van der Waals surface area contributed by atoms with Crippen LogP contribution in [-0.2, 0) is 0 Å². The number of halogens is 1. The van der Waals surface area contributed by atoms with Crippen LogP contribution in [0, 0.1) is 11.7 Å². The first kappa shape index (κ1) is 13.8. The number of aromatic nitrogens is 1. The van der Waals surface area contributed by atoms with Gasteiger partial charge in [-0.1, -0.05) is 19.3 Å². The molecule has 1 heterocycles. The van der Waals surface area contributed by atoms with Crippen molar-refractivity contribution < 1.29 is 14.3 Å². The lowest BCUT2D eigenvalue weighted by Gasteiger charge is -2.28. The second-order valence-electron chi connectivity index (χ2n) is 5.19. The van der Waals surface area contributed by atoms with Crippen molar-refractivity contribution in [1.29, 1.82) is 0 Å². The van der Waals surface area contributed by atoms with Crippen LogP contribution >= 0.6 is 0 Å². The fraction of sp³-hybridized carbons (Fsp3) is 0.571. The van der Waals surface area contributed by atoms with Crippen LogP contribution in [0.1, 0.15) is 49.4 Å². The summed E-state index contributed by atoms with van der Waals surface area (Å²) in [5.41, 5.74) is -0.109. The highest BCUT2D eigenvalue weighted by atomic mass is 19.1. The summed E-state index contributed by atoms with van der Waals surface area (Å²) in [5.74, 6) is -1.01. The van der Waals surface area contributed by atoms with Gasteiger partial charge in [0.2, 0.25) is 0 Å². The second-order valence-corrected chi connectivity index (χ2v) is 5.19. The van der Waals surface area contributed by atoms with Crippen molar-refractivity contribution in [2.24, 2.45) is 5.92 Å². The number of hydrogen-bond acceptors (Lipinski definition) is 3. The summed E-state index contributed by atoms with van der Waals surface area (Å²) >= 11 is 0. The van der Waals surface area contributed by atoms with Gasteiger partial charge >= 0.3 is 5.97 Å². The molecule has 0 saturated heterocycles. The zero-order valence-corrected chi connectivity index (χ0v) is 11.0. The fourth-order valence-electron chi connectivity index (χ4n) is 2.68. The van der Waals surface area contributed by atoms with Gasteiger partial charge in [-0.15, -0.1) is 0 Å². The molecule has 1 fully saturated rings. The first-order valence-electron chi connectivity index (χ1n) is 6.73. The number of nitrogens with zero attached hydrogens (tertiary/aromatic N) is 1. The van der Waals surface area contributed by atoms with Crippen molar-refractivity contribution in [2.75, 3.05) is 5.32 Å². The topological polar surface area (TPSA) is 62.2 Å². The van der Waals surface area contributed by atoms with E-state index in [1.165, 1.54) is 19.3 Å². The molecule has 1 aromatic heterocycles. The van der Waals surface area contributed by atoms with Gasteiger partial charge in [-0.2, -0.15) is 0 Å². The number of carboxylic acid groups (broad SMARTS) is 1. The number of anilines is 1. The predicted molar refractivity (Wildman–Crippen MR) is 70.8 cm³/mol. The number of aromatic carboxylic acids is 1. The summed E-state index contributed by atoms with van der Waals surface area (Å²) < 4.78 is 13.0. The maximum Gasteiger partial charge on any atom is 0.339 e. The first-order chi connectivity index (χ1) is 9.08. The van der Waals surface area contributed by atoms with Crippen molar-refractivity contribution in [3.8, 4) is 0 Å². The zero-order chi connectivity index (χ0) is 13.8. The van der Waals surface area contributed by atoms with Gasteiger partial charge in [0.1, 0.15) is 17.2 Å². The minimum absolute atomic E-state index is 0.109. The minimum Gasteiger partial charge on any atom is -0.478 e. The lowest BCUT2D eigenvalue weighted by Crippen LogP contribution is -2.29. The van der Waals surface area contributed by atoms with Gasteiger partial charge in [0.05, 0.1) is 6.20 Å². The highest BCUT2D eigenvalue weighted by Gasteiger charge is 2.22. The molecule has 0 spiro atoms. The summed E-state index contributed by atoms with van der Waals surface area (Å²) in [6, 6.07) is 1.15. The molecule has 0 aliphatic heterocycles. The van der Waals surface area contributed by atoms with Crippen LogP contribution in [0.3, 0.4) is 0 Å². The van der Waals surface area contributed by atoms with E-state index in [2.05, 4.69) is 10.3 Å². The summed E-state index contributed by atoms with van der Waals surface area (Å²) in [4.78, 5) is 15.0. The van der Waals surface area contributed by atoms with Gasteiger partial charge in [-0.05, 0) is 31.7 Å². The fourth-order valence-corrected chi connectivity index (χ4v) is 2.68. The highest BCUT2D eigenvalue weighted by molar-refractivity contribution is 5.93. The average molecular weight is 266 g/mol. The molecule has 1 unspecified atom stereocenters. The molecule has 0 radical (unpaired) electrons. The van der Waals surface area contributed by atoms with E-state index in [9.17, 15) is 9.18 Å². The van der Waals surface area contributed by atoms with E-state index in [1.807, 2.05) is 6.92 Å². The number of nitrogens with one attached hydrogen (secondary N) is 1. The Labute approximate surface area is 112 Å². The molecule has 4 nitrogen and oxygen atoms in total. The molecule has 1 aromatic rings. The van der Waals surface area contributed by atoms with Crippen LogP contribution in [0.25, 0.3) is 0 Å². The Hall–Kier alpha value is -1.65. The zero-order valence-electron chi connectivity index (χ0n) is 11.0. The molecule has 1 saturated carbocycles. The Balaban J connectivity index is 2.11. The Morgan fingerprint density at radius 2 is 2.16 bits per heavy atom. The standard InChI is InChI=1S/C14H19FN2O2/c1-9(10-5-3-2-4-6-10)17-13-12(14(18)19)7-11(15)8-16-13/h7-10H,2-6H2,1H3,(H,16,17)(H,18,19). The van der Waals surface area contributed by atoms with E-state index in [4.69, 9.17) is 5.11 Å². The average Bonchev–Trinajstić information content (AvgIpc) is 2.41. The molecular formula is C14H19FN2O2. The number of hydrogen-bond donors (Lipinski definition) is 2. The molecule has 2 rings (SSSR count). The van der Waals surface area contributed by atoms with Crippen molar-refractivity contribution in [3.05, 3.63) is 23.6 Å². The van der Waals surface area contributed by atoms with Crippen LogP contribution in [0.15, 0.2) is 12.3 Å². The molecule has 2 N–H and O–H groups in total. The summed E-state index contributed by atoms with van der Waals surface area (Å²) in [6.07, 6.45) is 7.06. The number of pyridine rings is 1. The molecule has 0 bridgehead atoms. The monoisotopic (exact) mass is 266 g/mol. The second kappa shape index (κ2) is 5.99. The predicted octanol–water partition coefficient (Wildman–Crippen LogP) is 3.30. The molecule has 0 aromatic carbocycles. The Bertz CT molecular complexity index is 459. The quantitative estimate of drug-likeness (QED) is 0.877. The van der Waals surface area contributed by atoms with E-state index < -0.39 is 11.8 Å². The Kier molecular flexibility index (Phi) is 4.35. The molecule has 104 valence electrons. The normalized spacial score (nSPS) is 18.0. The molecular weight excluding hydrogens is 247 g/mol. The molecule has 1 aliphatic carbocycles. The minimum atomic E-state index is -1.16. The van der Waals surface area contributed by atoms with Crippen molar-refractivity contribution >= 4 is 11.8 Å². The third-order valence-electron chi connectivity index (χ3n) is 3.81. The lowest BCUT2D eigenvalue weighted by molar-refractivity contribution is 0.0697. The van der Waals surface area contributed by atoms with Crippen molar-refractivity contribution in [2.45, 2.75) is 45.1 Å². The molecule has 0 amide bonds. The van der Waals surface area contributed by atoms with Crippen LogP contribution in [0.5, 0.6) is 0 Å². The van der Waals surface area contributed by atoms with Crippen molar-refractivity contribution in [1.82, 2.24) is 4.98 Å². The molecule has 1 atom stereocenters. The third kappa shape index (κ3) is 3.43. The lowest BCUT2D eigenvalue weighted by atomic mass is 9.84. The SMILES string of the molecule is CC(Nc1ncc(F)cc1C(=O)O)C1CCCCC1. The van der Waals surface area contributed by atoms with Crippen LogP contribution < -0.4 is 5.32 Å². The van der Waals surface area contributed by atoms with Crippen molar-refractivity contribution in [3.63, 3.8) is 0 Å². The van der Waals surface area contributed by atoms with Crippen LogP contribution in [0.4, 0.5) is 10.2 Å². The van der Waals surface area contributed by atoms with Gasteiger partial charge in [0.25, 0.3) is 0 Å². The van der Waals surface area contributed by atoms with Gasteiger partial charge in [0.15, 0.2) is 0 Å². The molecule has 5 heteroatoms. The largest absolute Gasteiger partial charge is 0.478 e. The number of rotatable bonds is 4. The van der Waals surface area contributed by atoms with E-state index in [0.717, 1.165) is 25.1 Å². The number of carbonyl (C=O) groups is 1. The van der Waals surface area contributed by atoms with Gasteiger partial charge in [-0.25, -0.2) is 14.2 Å². The van der Waals surface area contributed by atoms with E-state index in [1.54, 1.807) is 0 Å². The third-order valence-corrected chi connectivity index (χ3v) is 3.81. The summed E-state index contributed by atoms with van der Waals surface area (Å²) in [6.45, 7) is 2.03. The molecule has 1 aliphatic rings. The van der Waals surface area contributed by atoms with Gasteiger partial charge < -0.3 is 10.4 Å². The molecule has 19 heavy (non-hydrogen) atoms.